The van der Waals surface area contributed by atoms with Gasteiger partial charge in [-0.3, -0.25) is 4.79 Å². The minimum absolute atomic E-state index is 0.112. The van der Waals surface area contributed by atoms with Crippen molar-refractivity contribution in [2.45, 2.75) is 87.6 Å². The highest BCUT2D eigenvalue weighted by Gasteiger charge is 2.42. The molecular formula is C22H32N4O5S. The monoisotopic (exact) mass is 464 g/mol. The number of nitrogens with zero attached hydrogens (tertiary/aromatic N) is 3. The van der Waals surface area contributed by atoms with Gasteiger partial charge in [0.15, 0.2) is 6.61 Å². The molecule has 2 saturated carbocycles. The van der Waals surface area contributed by atoms with E-state index < -0.39 is 10.0 Å². The van der Waals surface area contributed by atoms with Gasteiger partial charge >= 0.3 is 0 Å². The van der Waals surface area contributed by atoms with E-state index in [1.807, 2.05) is 6.92 Å². The number of aryl methyl sites for hydroxylation is 1. The van der Waals surface area contributed by atoms with Crippen molar-refractivity contribution in [3.05, 3.63) is 17.6 Å². The molecule has 176 valence electrons. The zero-order chi connectivity index (χ0) is 22.3. The van der Waals surface area contributed by atoms with Gasteiger partial charge in [0.1, 0.15) is 6.33 Å². The Labute approximate surface area is 189 Å². The lowest BCUT2D eigenvalue weighted by atomic mass is 9.82. The number of fused-ring (bicyclic) bond motifs is 5. The maximum atomic E-state index is 13.2. The smallest absolute Gasteiger partial charge is 0.260 e. The van der Waals surface area contributed by atoms with E-state index in [1.54, 1.807) is 4.90 Å². The highest BCUT2D eigenvalue weighted by atomic mass is 32.2. The Balaban J connectivity index is 1.41. The number of nitrogens with one attached hydrogen (secondary N) is 1. The summed E-state index contributed by atoms with van der Waals surface area (Å²) in [5.41, 5.74) is 1.90. The van der Waals surface area contributed by atoms with E-state index in [1.165, 1.54) is 6.33 Å². The Morgan fingerprint density at radius 3 is 2.62 bits per heavy atom. The molecule has 2 bridgehead atoms. The summed E-state index contributed by atoms with van der Waals surface area (Å²) in [4.78, 5) is 23.7. The third-order valence-corrected chi connectivity index (χ3v) is 9.32. The van der Waals surface area contributed by atoms with E-state index in [9.17, 15) is 13.2 Å². The minimum atomic E-state index is -3.36. The van der Waals surface area contributed by atoms with E-state index in [0.29, 0.717) is 44.2 Å². The summed E-state index contributed by atoms with van der Waals surface area (Å²) in [6.07, 6.45) is 8.20. The maximum absolute atomic E-state index is 13.2. The van der Waals surface area contributed by atoms with Crippen LogP contribution in [0.15, 0.2) is 6.33 Å². The zero-order valence-corrected chi connectivity index (χ0v) is 19.3. The molecule has 6 rings (SSSR count). The van der Waals surface area contributed by atoms with Gasteiger partial charge in [0.2, 0.25) is 15.9 Å². The number of aromatic nitrogens is 2. The number of sulfonamides is 1. The molecule has 1 N–H and O–H groups in total. The first-order valence-corrected chi connectivity index (χ1v) is 13.3. The maximum Gasteiger partial charge on any atom is 0.260 e. The quantitative estimate of drug-likeness (QED) is 0.724. The number of hydrogen-bond acceptors (Lipinski definition) is 7. The Kier molecular flexibility index (Phi) is 6.11. The number of hydrogen-bond donors (Lipinski definition) is 1. The van der Waals surface area contributed by atoms with Gasteiger partial charge < -0.3 is 14.4 Å². The normalized spacial score (nSPS) is 31.5. The lowest BCUT2D eigenvalue weighted by Gasteiger charge is -2.42. The topological polar surface area (TPSA) is 111 Å². The summed E-state index contributed by atoms with van der Waals surface area (Å²) in [5.74, 6) is 0.624. The van der Waals surface area contributed by atoms with Crippen molar-refractivity contribution in [3.63, 3.8) is 0 Å². The predicted molar refractivity (Wildman–Crippen MR) is 117 cm³/mol. The van der Waals surface area contributed by atoms with Crippen LogP contribution < -0.4 is 9.46 Å². The average Bonchev–Trinajstić information content (AvgIpc) is 3.62. The molecule has 0 spiro atoms. The molecule has 32 heavy (non-hydrogen) atoms. The summed E-state index contributed by atoms with van der Waals surface area (Å²) in [6, 6.07) is -0.671. The van der Waals surface area contributed by atoms with Crippen LogP contribution in [0.4, 0.5) is 0 Å². The third kappa shape index (κ3) is 4.49. The van der Waals surface area contributed by atoms with Crippen molar-refractivity contribution in [1.29, 1.82) is 0 Å². The molecule has 1 aromatic heterocycles. The van der Waals surface area contributed by atoms with E-state index >= 15 is 0 Å². The minimum Gasteiger partial charge on any atom is -0.467 e. The molecule has 2 atom stereocenters. The van der Waals surface area contributed by atoms with Crippen LogP contribution in [0.25, 0.3) is 0 Å². The van der Waals surface area contributed by atoms with Crippen molar-refractivity contribution < 1.29 is 22.7 Å². The second-order valence-corrected chi connectivity index (χ2v) is 11.5. The SMILES string of the molecule is Cc1ncnc2c1C1CCC(CC1)OCC1C(NS(=O)(=O)C3CC3)CCCN1C(=O)CO2. The second kappa shape index (κ2) is 8.87. The fourth-order valence-corrected chi connectivity index (χ4v) is 7.05. The molecule has 2 unspecified atom stereocenters. The van der Waals surface area contributed by atoms with Crippen LogP contribution in [0.3, 0.4) is 0 Å². The molecule has 3 aliphatic heterocycles. The van der Waals surface area contributed by atoms with Crippen LogP contribution in [0.2, 0.25) is 0 Å². The van der Waals surface area contributed by atoms with Gasteiger partial charge in [-0.2, -0.15) is 0 Å². The van der Waals surface area contributed by atoms with E-state index in [-0.39, 0.29) is 36.0 Å². The van der Waals surface area contributed by atoms with Crippen LogP contribution in [0, 0.1) is 6.92 Å². The van der Waals surface area contributed by atoms with Crippen molar-refractivity contribution in [2.24, 2.45) is 0 Å². The Hall–Kier alpha value is -1.78. The number of piperidine rings is 1. The fraction of sp³-hybridized carbons (Fsp3) is 0.773. The number of amides is 1. The van der Waals surface area contributed by atoms with Gasteiger partial charge in [-0.25, -0.2) is 23.1 Å². The lowest BCUT2D eigenvalue weighted by Crippen LogP contribution is -2.60. The number of ether oxygens (including phenoxy) is 2. The van der Waals surface area contributed by atoms with Crippen molar-refractivity contribution >= 4 is 15.9 Å². The summed E-state index contributed by atoms with van der Waals surface area (Å²) in [7, 11) is -3.36. The summed E-state index contributed by atoms with van der Waals surface area (Å²) in [6.45, 7) is 2.74. The largest absolute Gasteiger partial charge is 0.467 e. The van der Waals surface area contributed by atoms with E-state index in [2.05, 4.69) is 14.7 Å². The van der Waals surface area contributed by atoms with Crippen LogP contribution >= 0.6 is 0 Å². The van der Waals surface area contributed by atoms with Gasteiger partial charge in [-0.15, -0.1) is 0 Å². The first kappa shape index (κ1) is 22.0. The molecule has 10 heteroatoms. The van der Waals surface area contributed by atoms with Crippen LogP contribution in [0.5, 0.6) is 5.88 Å². The van der Waals surface area contributed by atoms with Gasteiger partial charge in [-0.05, 0) is 64.2 Å². The first-order valence-electron chi connectivity index (χ1n) is 11.8. The molecule has 1 amide bonds. The second-order valence-electron chi connectivity index (χ2n) is 9.54. The predicted octanol–water partition coefficient (Wildman–Crippen LogP) is 1.66. The first-order chi connectivity index (χ1) is 15.4. The van der Waals surface area contributed by atoms with Crippen LogP contribution in [-0.2, 0) is 19.6 Å². The summed E-state index contributed by atoms with van der Waals surface area (Å²) >= 11 is 0. The fourth-order valence-electron chi connectivity index (χ4n) is 5.41. The summed E-state index contributed by atoms with van der Waals surface area (Å²) < 4.78 is 40.4. The molecule has 2 aliphatic carbocycles. The van der Waals surface area contributed by atoms with Crippen molar-refractivity contribution in [1.82, 2.24) is 19.6 Å². The van der Waals surface area contributed by atoms with Gasteiger partial charge in [0.05, 0.1) is 24.0 Å². The Bertz CT molecular complexity index is 959. The van der Waals surface area contributed by atoms with E-state index in [0.717, 1.165) is 43.4 Å². The summed E-state index contributed by atoms with van der Waals surface area (Å²) in [5, 5.41) is -0.290. The van der Waals surface area contributed by atoms with E-state index in [4.69, 9.17) is 9.47 Å². The molecule has 0 radical (unpaired) electrons. The molecular weight excluding hydrogens is 432 g/mol. The number of carbonyl (C=O) groups is 1. The molecule has 1 aromatic rings. The van der Waals surface area contributed by atoms with Crippen molar-refractivity contribution in [2.75, 3.05) is 19.8 Å². The number of carbonyl (C=O) groups excluding carboxylic acids is 1. The number of rotatable bonds is 3. The molecule has 0 aromatic carbocycles. The van der Waals surface area contributed by atoms with Crippen LogP contribution in [0.1, 0.15) is 68.5 Å². The Morgan fingerprint density at radius 1 is 1.09 bits per heavy atom. The zero-order valence-electron chi connectivity index (χ0n) is 18.5. The molecule has 1 saturated heterocycles. The Morgan fingerprint density at radius 2 is 1.88 bits per heavy atom. The highest BCUT2D eigenvalue weighted by Crippen LogP contribution is 2.39. The van der Waals surface area contributed by atoms with Crippen molar-refractivity contribution in [3.8, 4) is 5.88 Å². The average molecular weight is 465 g/mol. The standard InChI is InChI=1S/C22H32N4O5S/c1-14-21-15-4-6-16(7-5-15)30-11-19-18(25-32(28,29)17-8-9-17)3-2-10-26(19)20(27)12-31-22(21)24-13-23-14/h13,15-19,25H,2-12H2,1H3. The molecule has 3 fully saturated rings. The van der Waals surface area contributed by atoms with Crippen LogP contribution in [-0.4, -0.2) is 72.4 Å². The third-order valence-electron chi connectivity index (χ3n) is 7.34. The van der Waals surface area contributed by atoms with Gasteiger partial charge in [0, 0.05) is 23.8 Å². The van der Waals surface area contributed by atoms with Gasteiger partial charge in [-0.1, -0.05) is 0 Å². The molecule has 4 heterocycles. The molecule has 9 nitrogen and oxygen atoms in total. The molecule has 5 aliphatic rings. The highest BCUT2D eigenvalue weighted by molar-refractivity contribution is 7.90. The lowest BCUT2D eigenvalue weighted by molar-refractivity contribution is -0.140. The van der Waals surface area contributed by atoms with Gasteiger partial charge in [0.25, 0.3) is 5.91 Å².